The highest BCUT2D eigenvalue weighted by Gasteiger charge is 2.10. The number of aromatic nitrogens is 1. The van der Waals surface area contributed by atoms with Gasteiger partial charge in [0.1, 0.15) is 0 Å². The van der Waals surface area contributed by atoms with Gasteiger partial charge in [-0.05, 0) is 25.5 Å². The van der Waals surface area contributed by atoms with Gasteiger partial charge in [-0.15, -0.1) is 6.58 Å². The van der Waals surface area contributed by atoms with Crippen LogP contribution in [0.4, 0.5) is 0 Å². The van der Waals surface area contributed by atoms with Crippen molar-refractivity contribution in [2.75, 3.05) is 0 Å². The summed E-state index contributed by atoms with van der Waals surface area (Å²) in [4.78, 5) is 10.6. The van der Waals surface area contributed by atoms with Crippen LogP contribution in [0.25, 0.3) is 0 Å². The van der Waals surface area contributed by atoms with E-state index in [2.05, 4.69) is 11.1 Å². The number of aliphatic carboxylic acids is 1. The maximum atomic E-state index is 10.6. The molecule has 0 aliphatic heterocycles. The van der Waals surface area contributed by atoms with Crippen molar-refractivity contribution in [3.8, 4) is 0 Å². The number of hydrogen-bond acceptors (Lipinski definition) is 1. The van der Waals surface area contributed by atoms with Gasteiger partial charge in [0.15, 0.2) is 0 Å². The minimum Gasteiger partial charge on any atom is -0.481 e. The Morgan fingerprint density at radius 1 is 1.64 bits per heavy atom. The second kappa shape index (κ2) is 4.13. The molecule has 1 N–H and O–H groups in total. The average molecular weight is 193 g/mol. The van der Waals surface area contributed by atoms with Crippen LogP contribution in [0.15, 0.2) is 18.7 Å². The van der Waals surface area contributed by atoms with Gasteiger partial charge in [0, 0.05) is 17.9 Å². The average Bonchev–Trinajstić information content (AvgIpc) is 2.32. The molecule has 0 amide bonds. The lowest BCUT2D eigenvalue weighted by molar-refractivity contribution is -0.136. The number of aryl methyl sites for hydroxylation is 1. The standard InChI is InChI=1S/C11H15NO2/c1-4-5-12-8(2)6-10(9(12)3)7-11(13)14/h4,6H,1,5,7H2,2-3H3,(H,13,14). The van der Waals surface area contributed by atoms with Gasteiger partial charge in [-0.25, -0.2) is 0 Å². The van der Waals surface area contributed by atoms with Gasteiger partial charge in [0.05, 0.1) is 6.42 Å². The maximum absolute atomic E-state index is 10.6. The minimum absolute atomic E-state index is 0.0941. The molecule has 0 radical (unpaired) electrons. The van der Waals surface area contributed by atoms with Crippen LogP contribution in [0.5, 0.6) is 0 Å². The van der Waals surface area contributed by atoms with Gasteiger partial charge >= 0.3 is 5.97 Å². The van der Waals surface area contributed by atoms with Crippen molar-refractivity contribution in [2.45, 2.75) is 26.8 Å². The molecule has 1 aromatic rings. The Balaban J connectivity index is 3.03. The molecule has 14 heavy (non-hydrogen) atoms. The number of carboxylic acids is 1. The van der Waals surface area contributed by atoms with E-state index < -0.39 is 5.97 Å². The summed E-state index contributed by atoms with van der Waals surface area (Å²) < 4.78 is 2.06. The van der Waals surface area contributed by atoms with E-state index in [0.29, 0.717) is 0 Å². The smallest absolute Gasteiger partial charge is 0.307 e. The zero-order valence-corrected chi connectivity index (χ0v) is 8.58. The third-order valence-electron chi connectivity index (χ3n) is 2.33. The zero-order chi connectivity index (χ0) is 10.7. The molecule has 0 saturated carbocycles. The van der Waals surface area contributed by atoms with E-state index in [4.69, 9.17) is 5.11 Å². The van der Waals surface area contributed by atoms with Crippen LogP contribution >= 0.6 is 0 Å². The summed E-state index contributed by atoms with van der Waals surface area (Å²) in [6.45, 7) is 8.32. The van der Waals surface area contributed by atoms with Crippen molar-refractivity contribution >= 4 is 5.97 Å². The topological polar surface area (TPSA) is 42.2 Å². The fraction of sp³-hybridized carbons (Fsp3) is 0.364. The molecule has 0 aromatic carbocycles. The second-order valence-corrected chi connectivity index (χ2v) is 3.37. The molecule has 0 spiro atoms. The molecule has 0 aliphatic rings. The number of rotatable bonds is 4. The summed E-state index contributed by atoms with van der Waals surface area (Å²) in [5.74, 6) is -0.788. The van der Waals surface area contributed by atoms with Crippen molar-refractivity contribution < 1.29 is 9.90 Å². The summed E-state index contributed by atoms with van der Waals surface area (Å²) in [5.41, 5.74) is 2.99. The third-order valence-corrected chi connectivity index (χ3v) is 2.33. The number of carbonyl (C=O) groups is 1. The normalized spacial score (nSPS) is 10.1. The van der Waals surface area contributed by atoms with Gasteiger partial charge in [0.25, 0.3) is 0 Å². The number of nitrogens with zero attached hydrogens (tertiary/aromatic N) is 1. The fourth-order valence-electron chi connectivity index (χ4n) is 1.62. The first-order valence-electron chi connectivity index (χ1n) is 4.54. The van der Waals surface area contributed by atoms with E-state index in [1.165, 1.54) is 0 Å². The second-order valence-electron chi connectivity index (χ2n) is 3.37. The lowest BCUT2D eigenvalue weighted by atomic mass is 10.2. The van der Waals surface area contributed by atoms with Crippen molar-refractivity contribution in [1.29, 1.82) is 0 Å². The largest absolute Gasteiger partial charge is 0.481 e. The van der Waals surface area contributed by atoms with Crippen molar-refractivity contribution in [1.82, 2.24) is 4.57 Å². The van der Waals surface area contributed by atoms with Gasteiger partial charge in [-0.2, -0.15) is 0 Å². The third kappa shape index (κ3) is 2.05. The number of hydrogen-bond donors (Lipinski definition) is 1. The maximum Gasteiger partial charge on any atom is 0.307 e. The molecule has 1 rings (SSSR count). The van der Waals surface area contributed by atoms with Gasteiger partial charge in [-0.3, -0.25) is 4.79 Å². The van der Waals surface area contributed by atoms with Crippen LogP contribution in [0.2, 0.25) is 0 Å². The van der Waals surface area contributed by atoms with Crippen molar-refractivity contribution in [3.05, 3.63) is 35.7 Å². The van der Waals surface area contributed by atoms with E-state index in [0.717, 1.165) is 23.5 Å². The summed E-state index contributed by atoms with van der Waals surface area (Å²) in [6, 6.07) is 1.92. The SMILES string of the molecule is C=CCn1c(C)cc(CC(=O)O)c1C. The highest BCUT2D eigenvalue weighted by Crippen LogP contribution is 2.15. The molecule has 1 heterocycles. The van der Waals surface area contributed by atoms with E-state index in [9.17, 15) is 4.79 Å². The molecule has 0 saturated heterocycles. The van der Waals surface area contributed by atoms with E-state index in [-0.39, 0.29) is 6.42 Å². The summed E-state index contributed by atoms with van der Waals surface area (Å²) >= 11 is 0. The number of allylic oxidation sites excluding steroid dienone is 1. The van der Waals surface area contributed by atoms with Crippen LogP contribution in [0.1, 0.15) is 17.0 Å². The quantitative estimate of drug-likeness (QED) is 0.742. The summed E-state index contributed by atoms with van der Waals surface area (Å²) in [6.07, 6.45) is 1.90. The molecular weight excluding hydrogens is 178 g/mol. The molecule has 0 bridgehead atoms. The Morgan fingerprint density at radius 3 is 2.79 bits per heavy atom. The molecule has 1 aromatic heterocycles. The Morgan fingerprint density at radius 2 is 2.29 bits per heavy atom. The molecule has 0 fully saturated rings. The molecule has 3 heteroatoms. The minimum atomic E-state index is -0.788. The fourth-order valence-corrected chi connectivity index (χ4v) is 1.62. The van der Waals surface area contributed by atoms with Crippen LogP contribution in [-0.2, 0) is 17.8 Å². The lowest BCUT2D eigenvalue weighted by Gasteiger charge is -2.05. The van der Waals surface area contributed by atoms with Crippen LogP contribution in [0.3, 0.4) is 0 Å². The predicted octanol–water partition coefficient (Wildman–Crippen LogP) is 1.92. The highest BCUT2D eigenvalue weighted by molar-refractivity contribution is 5.70. The Bertz CT molecular complexity index is 364. The summed E-state index contributed by atoms with van der Waals surface area (Å²) in [5, 5.41) is 8.69. The van der Waals surface area contributed by atoms with Crippen LogP contribution in [-0.4, -0.2) is 15.6 Å². The van der Waals surface area contributed by atoms with E-state index >= 15 is 0 Å². The first-order chi connectivity index (χ1) is 6.56. The molecular formula is C11H15NO2. The first kappa shape index (κ1) is 10.6. The monoisotopic (exact) mass is 193 g/mol. The Kier molecular flexibility index (Phi) is 3.12. The molecule has 0 unspecified atom stereocenters. The Labute approximate surface area is 83.7 Å². The van der Waals surface area contributed by atoms with Gasteiger partial charge in [0.2, 0.25) is 0 Å². The Hall–Kier alpha value is -1.51. The molecule has 0 aliphatic carbocycles. The van der Waals surface area contributed by atoms with E-state index in [1.54, 1.807) is 0 Å². The van der Waals surface area contributed by atoms with E-state index in [1.807, 2.05) is 26.0 Å². The summed E-state index contributed by atoms with van der Waals surface area (Å²) in [7, 11) is 0. The van der Waals surface area contributed by atoms with Gasteiger partial charge in [-0.1, -0.05) is 6.08 Å². The lowest BCUT2D eigenvalue weighted by Crippen LogP contribution is -2.03. The predicted molar refractivity (Wildman–Crippen MR) is 55.4 cm³/mol. The number of carboxylic acid groups (broad SMARTS) is 1. The highest BCUT2D eigenvalue weighted by atomic mass is 16.4. The zero-order valence-electron chi connectivity index (χ0n) is 8.58. The first-order valence-corrected chi connectivity index (χ1v) is 4.54. The molecule has 3 nitrogen and oxygen atoms in total. The molecule has 76 valence electrons. The van der Waals surface area contributed by atoms with Crippen molar-refractivity contribution in [2.24, 2.45) is 0 Å². The van der Waals surface area contributed by atoms with Gasteiger partial charge < -0.3 is 9.67 Å². The molecule has 0 atom stereocenters. The van der Waals surface area contributed by atoms with Crippen LogP contribution in [0, 0.1) is 13.8 Å². The van der Waals surface area contributed by atoms with Crippen LogP contribution < -0.4 is 0 Å². The van der Waals surface area contributed by atoms with Crippen molar-refractivity contribution in [3.63, 3.8) is 0 Å².